The topological polar surface area (TPSA) is 72.2 Å². The maximum absolute atomic E-state index is 11.7. The normalized spacial score (nSPS) is 11.7. The summed E-state index contributed by atoms with van der Waals surface area (Å²) >= 11 is 4.82. The van der Waals surface area contributed by atoms with Gasteiger partial charge in [0.2, 0.25) is 10.0 Å². The molecule has 0 aliphatic rings. The monoisotopic (exact) mass is 272 g/mol. The molecule has 0 aliphatic carbocycles. The Hall–Kier alpha value is -0.980. The van der Waals surface area contributed by atoms with Crippen LogP contribution in [0.15, 0.2) is 24.3 Å². The lowest BCUT2D eigenvalue weighted by atomic mass is 10.1. The standard InChI is InChI=1S/C11H16N2O2S2/c1-8(2)13-17(14,15)7-9-3-5-10(6-4-9)11(12)16/h3-6,8,13H,7H2,1-2H3,(H2,12,16). The summed E-state index contributed by atoms with van der Waals surface area (Å²) in [5.74, 6) is -0.0389. The average Bonchev–Trinajstić information content (AvgIpc) is 2.15. The largest absolute Gasteiger partial charge is 0.389 e. The molecule has 0 spiro atoms. The van der Waals surface area contributed by atoms with Gasteiger partial charge in [0.1, 0.15) is 4.99 Å². The molecule has 0 unspecified atom stereocenters. The Morgan fingerprint density at radius 3 is 2.29 bits per heavy atom. The van der Waals surface area contributed by atoms with Crippen LogP contribution in [0, 0.1) is 0 Å². The highest BCUT2D eigenvalue weighted by Crippen LogP contribution is 2.08. The fraction of sp³-hybridized carbons (Fsp3) is 0.364. The Balaban J connectivity index is 2.79. The molecule has 0 saturated heterocycles. The molecule has 0 amide bonds. The summed E-state index contributed by atoms with van der Waals surface area (Å²) in [6.07, 6.45) is 0. The van der Waals surface area contributed by atoms with Crippen molar-refractivity contribution < 1.29 is 8.42 Å². The number of benzene rings is 1. The SMILES string of the molecule is CC(C)NS(=O)(=O)Cc1ccc(C(N)=S)cc1. The van der Waals surface area contributed by atoms with Gasteiger partial charge in [-0.05, 0) is 19.4 Å². The highest BCUT2D eigenvalue weighted by Gasteiger charge is 2.12. The number of nitrogens with two attached hydrogens (primary N) is 1. The van der Waals surface area contributed by atoms with Crippen molar-refractivity contribution in [3.63, 3.8) is 0 Å². The van der Waals surface area contributed by atoms with Gasteiger partial charge in [-0.1, -0.05) is 36.5 Å². The predicted molar refractivity (Wildman–Crippen MR) is 73.2 cm³/mol. The van der Waals surface area contributed by atoms with Crippen molar-refractivity contribution in [1.82, 2.24) is 4.72 Å². The van der Waals surface area contributed by atoms with Gasteiger partial charge in [-0.25, -0.2) is 13.1 Å². The zero-order valence-corrected chi connectivity index (χ0v) is 11.4. The van der Waals surface area contributed by atoms with Crippen LogP contribution in [-0.2, 0) is 15.8 Å². The minimum absolute atomic E-state index is 0.0389. The second-order valence-corrected chi connectivity index (χ2v) is 6.29. The Morgan fingerprint density at radius 2 is 1.88 bits per heavy atom. The van der Waals surface area contributed by atoms with Crippen molar-refractivity contribution in [3.8, 4) is 0 Å². The summed E-state index contributed by atoms with van der Waals surface area (Å²) in [7, 11) is -3.28. The predicted octanol–water partition coefficient (Wildman–Crippen LogP) is 1.15. The molecule has 3 N–H and O–H groups in total. The molecule has 0 atom stereocenters. The van der Waals surface area contributed by atoms with Crippen LogP contribution in [0.5, 0.6) is 0 Å². The summed E-state index contributed by atoms with van der Waals surface area (Å²) in [4.78, 5) is 0.305. The summed E-state index contributed by atoms with van der Waals surface area (Å²) in [6, 6.07) is 6.78. The van der Waals surface area contributed by atoms with Crippen LogP contribution in [0.3, 0.4) is 0 Å². The molecular weight excluding hydrogens is 256 g/mol. The molecule has 0 saturated carbocycles. The lowest BCUT2D eigenvalue weighted by molar-refractivity contribution is 0.569. The number of hydrogen-bond acceptors (Lipinski definition) is 3. The van der Waals surface area contributed by atoms with Gasteiger partial charge in [0.25, 0.3) is 0 Å². The van der Waals surface area contributed by atoms with Crippen LogP contribution in [0.25, 0.3) is 0 Å². The summed E-state index contributed by atoms with van der Waals surface area (Å²) in [6.45, 7) is 3.57. The maximum atomic E-state index is 11.7. The van der Waals surface area contributed by atoms with E-state index in [1.165, 1.54) is 0 Å². The fourth-order valence-corrected chi connectivity index (χ4v) is 2.95. The molecule has 0 bridgehead atoms. The molecule has 4 nitrogen and oxygen atoms in total. The van der Waals surface area contributed by atoms with E-state index < -0.39 is 10.0 Å². The lowest BCUT2D eigenvalue weighted by Crippen LogP contribution is -2.31. The van der Waals surface area contributed by atoms with Crippen LogP contribution in [0.2, 0.25) is 0 Å². The second kappa shape index (κ2) is 5.57. The van der Waals surface area contributed by atoms with Gasteiger partial charge in [-0.2, -0.15) is 0 Å². The third-order valence-electron chi connectivity index (χ3n) is 2.01. The average molecular weight is 272 g/mol. The van der Waals surface area contributed by atoms with E-state index in [2.05, 4.69) is 4.72 Å². The highest BCUT2D eigenvalue weighted by atomic mass is 32.2. The van der Waals surface area contributed by atoms with Crippen molar-refractivity contribution in [3.05, 3.63) is 35.4 Å². The number of rotatable bonds is 5. The van der Waals surface area contributed by atoms with Crippen LogP contribution in [0.4, 0.5) is 0 Å². The minimum Gasteiger partial charge on any atom is -0.389 e. The van der Waals surface area contributed by atoms with Gasteiger partial charge in [0, 0.05) is 11.6 Å². The van der Waals surface area contributed by atoms with Gasteiger partial charge < -0.3 is 5.73 Å². The third-order valence-corrected chi connectivity index (χ3v) is 3.79. The second-order valence-electron chi connectivity index (χ2n) is 4.09. The van der Waals surface area contributed by atoms with Crippen molar-refractivity contribution in [2.45, 2.75) is 25.6 Å². The number of nitrogens with one attached hydrogen (secondary N) is 1. The molecular formula is C11H16N2O2S2. The molecule has 0 radical (unpaired) electrons. The Kier molecular flexibility index (Phi) is 4.62. The number of thiocarbonyl (C=S) groups is 1. The van der Waals surface area contributed by atoms with Crippen LogP contribution in [0.1, 0.15) is 25.0 Å². The van der Waals surface area contributed by atoms with Crippen LogP contribution < -0.4 is 10.5 Å². The number of sulfonamides is 1. The molecule has 0 aromatic heterocycles. The van der Waals surface area contributed by atoms with Gasteiger partial charge >= 0.3 is 0 Å². The van der Waals surface area contributed by atoms with E-state index in [0.717, 1.165) is 5.56 Å². The van der Waals surface area contributed by atoms with Gasteiger partial charge in [0.15, 0.2) is 0 Å². The van der Waals surface area contributed by atoms with E-state index in [1.807, 2.05) is 0 Å². The van der Waals surface area contributed by atoms with E-state index in [9.17, 15) is 8.42 Å². The molecule has 1 aromatic rings. The molecule has 94 valence electrons. The van der Waals surface area contributed by atoms with E-state index in [-0.39, 0.29) is 11.8 Å². The Morgan fingerprint density at radius 1 is 1.35 bits per heavy atom. The Bertz CT molecular complexity index is 493. The van der Waals surface area contributed by atoms with Gasteiger partial charge in [-0.3, -0.25) is 0 Å². The third kappa shape index (κ3) is 4.80. The van der Waals surface area contributed by atoms with Crippen LogP contribution >= 0.6 is 12.2 Å². The van der Waals surface area contributed by atoms with Gasteiger partial charge in [0.05, 0.1) is 5.75 Å². The van der Waals surface area contributed by atoms with Gasteiger partial charge in [-0.15, -0.1) is 0 Å². The summed E-state index contributed by atoms with van der Waals surface area (Å²) in [5.41, 5.74) is 6.90. The number of hydrogen-bond donors (Lipinski definition) is 2. The Labute approximate surface area is 107 Å². The molecule has 0 aliphatic heterocycles. The van der Waals surface area contributed by atoms with Crippen molar-refractivity contribution >= 4 is 27.2 Å². The molecule has 1 aromatic carbocycles. The quantitative estimate of drug-likeness (QED) is 0.789. The van der Waals surface area contributed by atoms with E-state index in [4.69, 9.17) is 18.0 Å². The summed E-state index contributed by atoms with van der Waals surface area (Å²) < 4.78 is 25.9. The molecule has 0 fully saturated rings. The van der Waals surface area contributed by atoms with Crippen molar-refractivity contribution in [2.24, 2.45) is 5.73 Å². The van der Waals surface area contributed by atoms with E-state index >= 15 is 0 Å². The zero-order chi connectivity index (χ0) is 13.1. The smallest absolute Gasteiger partial charge is 0.216 e. The molecule has 1 rings (SSSR count). The van der Waals surface area contributed by atoms with Crippen molar-refractivity contribution in [1.29, 1.82) is 0 Å². The highest BCUT2D eigenvalue weighted by molar-refractivity contribution is 7.88. The molecule has 17 heavy (non-hydrogen) atoms. The zero-order valence-electron chi connectivity index (χ0n) is 9.80. The molecule has 6 heteroatoms. The van der Waals surface area contributed by atoms with Crippen LogP contribution in [-0.4, -0.2) is 19.4 Å². The van der Waals surface area contributed by atoms with Crippen molar-refractivity contribution in [2.75, 3.05) is 0 Å². The first-order valence-corrected chi connectivity index (χ1v) is 7.25. The van der Waals surface area contributed by atoms with E-state index in [1.54, 1.807) is 38.1 Å². The lowest BCUT2D eigenvalue weighted by Gasteiger charge is -2.09. The van der Waals surface area contributed by atoms with E-state index in [0.29, 0.717) is 10.6 Å². The first-order chi connectivity index (χ1) is 7.80. The minimum atomic E-state index is -3.28. The maximum Gasteiger partial charge on any atom is 0.216 e. The first-order valence-electron chi connectivity index (χ1n) is 5.19. The first kappa shape index (κ1) is 14.1. The molecule has 0 heterocycles. The summed E-state index contributed by atoms with van der Waals surface area (Å²) in [5, 5.41) is 0. The fourth-order valence-electron chi connectivity index (χ4n) is 1.39.